The average Bonchev–Trinajstić information content (AvgIpc) is 2.54. The Balaban J connectivity index is 2.07. The summed E-state index contributed by atoms with van der Waals surface area (Å²) in [6.45, 7) is 0. The van der Waals surface area contributed by atoms with E-state index in [1.165, 1.54) is 12.1 Å². The summed E-state index contributed by atoms with van der Waals surface area (Å²) in [6, 6.07) is 4.15. The Morgan fingerprint density at radius 1 is 1.26 bits per heavy atom. The van der Waals surface area contributed by atoms with E-state index in [1.807, 2.05) is 0 Å². The van der Waals surface area contributed by atoms with Crippen molar-refractivity contribution in [3.05, 3.63) is 34.1 Å². The molecule has 104 valence electrons. The van der Waals surface area contributed by atoms with Crippen molar-refractivity contribution in [2.45, 2.75) is 44.2 Å². The molecule has 0 spiro atoms. The molecule has 1 amide bonds. The largest absolute Gasteiger partial charge is 0.348 e. The molecule has 2 atom stereocenters. The van der Waals surface area contributed by atoms with E-state index in [2.05, 4.69) is 21.2 Å². The summed E-state index contributed by atoms with van der Waals surface area (Å²) in [4.78, 5) is 12.1. The van der Waals surface area contributed by atoms with Crippen molar-refractivity contribution in [3.63, 3.8) is 0 Å². The van der Waals surface area contributed by atoms with Gasteiger partial charge in [0.1, 0.15) is 5.82 Å². The Kier molecular flexibility index (Phi) is 4.93. The van der Waals surface area contributed by atoms with Crippen LogP contribution in [-0.4, -0.2) is 18.0 Å². The van der Waals surface area contributed by atoms with Crippen LogP contribution in [0.4, 0.5) is 4.39 Å². The topological polar surface area (TPSA) is 55.1 Å². The van der Waals surface area contributed by atoms with Crippen LogP contribution in [0, 0.1) is 5.82 Å². The maximum absolute atomic E-state index is 13.3. The van der Waals surface area contributed by atoms with E-state index in [-0.39, 0.29) is 18.0 Å². The minimum Gasteiger partial charge on any atom is -0.348 e. The second-order valence-corrected chi connectivity index (χ2v) is 5.96. The van der Waals surface area contributed by atoms with Gasteiger partial charge in [-0.05, 0) is 31.0 Å². The fourth-order valence-electron chi connectivity index (χ4n) is 2.45. The third kappa shape index (κ3) is 4.01. The number of nitrogens with one attached hydrogen (secondary N) is 1. The van der Waals surface area contributed by atoms with Gasteiger partial charge in [0.15, 0.2) is 0 Å². The molecule has 3 nitrogen and oxygen atoms in total. The lowest BCUT2D eigenvalue weighted by atomic mass is 10.0. The highest BCUT2D eigenvalue weighted by molar-refractivity contribution is 9.10. The Morgan fingerprint density at radius 2 is 2.00 bits per heavy atom. The molecule has 0 aliphatic heterocycles. The van der Waals surface area contributed by atoms with Gasteiger partial charge in [-0.25, -0.2) is 4.39 Å². The first-order chi connectivity index (χ1) is 9.06. The molecule has 3 N–H and O–H groups in total. The molecule has 19 heavy (non-hydrogen) atoms. The Morgan fingerprint density at radius 3 is 2.74 bits per heavy atom. The minimum absolute atomic E-state index is 0.0107. The molecule has 1 saturated carbocycles. The van der Waals surface area contributed by atoms with Crippen molar-refractivity contribution < 1.29 is 9.18 Å². The lowest BCUT2D eigenvalue weighted by Gasteiger charge is -2.22. The number of hydrogen-bond donors (Lipinski definition) is 2. The van der Waals surface area contributed by atoms with Crippen LogP contribution in [0.1, 0.15) is 42.5 Å². The molecular weight excluding hydrogens is 311 g/mol. The predicted molar refractivity (Wildman–Crippen MR) is 76.4 cm³/mol. The quantitative estimate of drug-likeness (QED) is 0.820. The molecule has 1 aliphatic carbocycles. The molecule has 1 aromatic carbocycles. The highest BCUT2D eigenvalue weighted by Gasteiger charge is 2.22. The third-order valence-electron chi connectivity index (χ3n) is 3.51. The maximum atomic E-state index is 13.3. The van der Waals surface area contributed by atoms with Crippen LogP contribution in [0.2, 0.25) is 0 Å². The standard InChI is InChI=1S/C14H18BrFN2O/c15-10-6-9(7-11(16)8-10)14(19)18-13-5-3-1-2-4-12(13)17/h6-8,12-13H,1-5,17H2,(H,18,19). The molecule has 5 heteroatoms. The van der Waals surface area contributed by atoms with Gasteiger partial charge in [-0.2, -0.15) is 0 Å². The summed E-state index contributed by atoms with van der Waals surface area (Å²) in [5, 5.41) is 2.93. The van der Waals surface area contributed by atoms with Crippen molar-refractivity contribution in [2.24, 2.45) is 5.73 Å². The summed E-state index contributed by atoms with van der Waals surface area (Å²) in [7, 11) is 0. The average molecular weight is 329 g/mol. The molecule has 0 radical (unpaired) electrons. The summed E-state index contributed by atoms with van der Waals surface area (Å²) < 4.78 is 13.8. The van der Waals surface area contributed by atoms with Crippen LogP contribution < -0.4 is 11.1 Å². The fourth-order valence-corrected chi connectivity index (χ4v) is 2.92. The first kappa shape index (κ1) is 14.5. The minimum atomic E-state index is -0.426. The van der Waals surface area contributed by atoms with Gasteiger partial charge in [0.2, 0.25) is 0 Å². The molecule has 0 aromatic heterocycles. The summed E-state index contributed by atoms with van der Waals surface area (Å²) >= 11 is 3.19. The van der Waals surface area contributed by atoms with Crippen molar-refractivity contribution in [3.8, 4) is 0 Å². The Hall–Kier alpha value is -0.940. The maximum Gasteiger partial charge on any atom is 0.251 e. The van der Waals surface area contributed by atoms with E-state index in [0.717, 1.165) is 32.1 Å². The first-order valence-corrected chi connectivity index (χ1v) is 7.38. The van der Waals surface area contributed by atoms with Crippen LogP contribution in [0.25, 0.3) is 0 Å². The number of carbonyl (C=O) groups excluding carboxylic acids is 1. The zero-order chi connectivity index (χ0) is 13.8. The Labute approximate surface area is 120 Å². The molecule has 0 heterocycles. The number of amides is 1. The summed E-state index contributed by atoms with van der Waals surface area (Å²) in [6.07, 6.45) is 5.16. The SMILES string of the molecule is NC1CCCCCC1NC(=O)c1cc(F)cc(Br)c1. The molecule has 2 unspecified atom stereocenters. The monoisotopic (exact) mass is 328 g/mol. The van der Waals surface area contributed by atoms with Crippen LogP contribution in [0.3, 0.4) is 0 Å². The fraction of sp³-hybridized carbons (Fsp3) is 0.500. The highest BCUT2D eigenvalue weighted by atomic mass is 79.9. The normalized spacial score (nSPS) is 23.7. The van der Waals surface area contributed by atoms with Gasteiger partial charge in [-0.1, -0.05) is 35.2 Å². The molecular formula is C14H18BrFN2O. The molecule has 0 bridgehead atoms. The molecule has 1 aromatic rings. The number of rotatable bonds is 2. The molecule has 2 rings (SSSR count). The van der Waals surface area contributed by atoms with Gasteiger partial charge >= 0.3 is 0 Å². The first-order valence-electron chi connectivity index (χ1n) is 6.59. The number of nitrogens with two attached hydrogens (primary N) is 1. The second kappa shape index (κ2) is 6.48. The van der Waals surface area contributed by atoms with Crippen molar-refractivity contribution in [2.75, 3.05) is 0 Å². The van der Waals surface area contributed by atoms with E-state index >= 15 is 0 Å². The van der Waals surface area contributed by atoms with Gasteiger partial charge in [0.25, 0.3) is 5.91 Å². The zero-order valence-electron chi connectivity index (χ0n) is 10.7. The van der Waals surface area contributed by atoms with Gasteiger partial charge < -0.3 is 11.1 Å². The Bertz CT molecular complexity index is 447. The van der Waals surface area contributed by atoms with Gasteiger partial charge in [-0.3, -0.25) is 4.79 Å². The summed E-state index contributed by atoms with van der Waals surface area (Å²) in [5.74, 6) is -0.688. The van der Waals surface area contributed by atoms with E-state index in [0.29, 0.717) is 10.0 Å². The van der Waals surface area contributed by atoms with Crippen molar-refractivity contribution in [1.29, 1.82) is 0 Å². The zero-order valence-corrected chi connectivity index (χ0v) is 12.2. The van der Waals surface area contributed by atoms with Crippen LogP contribution in [0.15, 0.2) is 22.7 Å². The van der Waals surface area contributed by atoms with E-state index < -0.39 is 5.82 Å². The number of carbonyl (C=O) groups is 1. The van der Waals surface area contributed by atoms with Gasteiger partial charge in [0.05, 0.1) is 0 Å². The summed E-state index contributed by atoms with van der Waals surface area (Å²) in [5.41, 5.74) is 6.39. The van der Waals surface area contributed by atoms with Crippen molar-refractivity contribution in [1.82, 2.24) is 5.32 Å². The van der Waals surface area contributed by atoms with E-state index in [9.17, 15) is 9.18 Å². The molecule has 0 saturated heterocycles. The smallest absolute Gasteiger partial charge is 0.251 e. The third-order valence-corrected chi connectivity index (χ3v) is 3.97. The number of benzene rings is 1. The van der Waals surface area contributed by atoms with E-state index in [4.69, 9.17) is 5.73 Å². The van der Waals surface area contributed by atoms with Gasteiger partial charge in [0, 0.05) is 22.1 Å². The van der Waals surface area contributed by atoms with Crippen molar-refractivity contribution >= 4 is 21.8 Å². The number of halogens is 2. The lowest BCUT2D eigenvalue weighted by molar-refractivity contribution is 0.0928. The highest BCUT2D eigenvalue weighted by Crippen LogP contribution is 2.18. The molecule has 1 fully saturated rings. The van der Waals surface area contributed by atoms with Crippen LogP contribution in [-0.2, 0) is 0 Å². The number of hydrogen-bond acceptors (Lipinski definition) is 2. The lowest BCUT2D eigenvalue weighted by Crippen LogP contribution is -2.46. The van der Waals surface area contributed by atoms with E-state index in [1.54, 1.807) is 6.07 Å². The molecule has 1 aliphatic rings. The van der Waals surface area contributed by atoms with Gasteiger partial charge in [-0.15, -0.1) is 0 Å². The predicted octanol–water partition coefficient (Wildman–Crippen LogP) is 2.98. The van der Waals surface area contributed by atoms with Crippen LogP contribution in [0.5, 0.6) is 0 Å². The van der Waals surface area contributed by atoms with Crippen LogP contribution >= 0.6 is 15.9 Å². The second-order valence-electron chi connectivity index (χ2n) is 5.04.